The summed E-state index contributed by atoms with van der Waals surface area (Å²) in [6.07, 6.45) is 3.94. The first-order valence-electron chi connectivity index (χ1n) is 16.9. The molecule has 2 amide bonds. The number of carbonyl (C=O) groups is 3. The molecule has 2 aliphatic rings. The summed E-state index contributed by atoms with van der Waals surface area (Å²) in [4.78, 5) is 49.9. The first-order valence-corrected chi connectivity index (χ1v) is 17.8. The summed E-state index contributed by atoms with van der Waals surface area (Å²) in [5, 5.41) is 3.30. The van der Waals surface area contributed by atoms with Crippen molar-refractivity contribution in [1.29, 1.82) is 0 Å². The minimum Gasteiger partial charge on any atom is -0.460 e. The summed E-state index contributed by atoms with van der Waals surface area (Å²) in [6, 6.07) is 19.0. The van der Waals surface area contributed by atoms with E-state index in [0.717, 1.165) is 29.1 Å². The van der Waals surface area contributed by atoms with Gasteiger partial charge in [-0.2, -0.15) is 0 Å². The smallest absolute Gasteiger partial charge is 0.411 e. The molecule has 1 aromatic heterocycles. The van der Waals surface area contributed by atoms with Crippen LogP contribution in [0, 0.1) is 5.92 Å². The first-order chi connectivity index (χ1) is 23.1. The van der Waals surface area contributed by atoms with Crippen molar-refractivity contribution in [3.63, 3.8) is 0 Å². The Morgan fingerprint density at radius 2 is 1.65 bits per heavy atom. The van der Waals surface area contributed by atoms with Gasteiger partial charge < -0.3 is 19.5 Å². The zero-order chi connectivity index (χ0) is 33.9. The average molecular weight is 677 g/mol. The quantitative estimate of drug-likeness (QED) is 0.244. The molecule has 258 valence electrons. The van der Waals surface area contributed by atoms with Gasteiger partial charge in [-0.15, -0.1) is 11.3 Å². The fraction of sp³-hybridized carbons (Fsp3) is 0.514. The molecule has 0 bridgehead atoms. The largest absolute Gasteiger partial charge is 0.460 e. The number of carbonyl (C=O) groups excluding carboxylic acids is 3. The molecular weight excluding hydrogens is 628 g/mol. The highest BCUT2D eigenvalue weighted by Gasteiger charge is 2.44. The van der Waals surface area contributed by atoms with Crippen LogP contribution >= 0.6 is 11.3 Å². The van der Waals surface area contributed by atoms with Crippen LogP contribution in [0.2, 0.25) is 0 Å². The Morgan fingerprint density at radius 3 is 2.27 bits per heavy atom. The van der Waals surface area contributed by atoms with Gasteiger partial charge in [0.1, 0.15) is 18.2 Å². The zero-order valence-corrected chi connectivity index (χ0v) is 29.0. The number of morpholine rings is 1. The van der Waals surface area contributed by atoms with E-state index in [0.29, 0.717) is 51.9 Å². The van der Waals surface area contributed by atoms with Crippen LogP contribution < -0.4 is 5.32 Å². The molecular formula is C37H48N4O6S. The van der Waals surface area contributed by atoms with Crippen LogP contribution in [0.15, 0.2) is 72.4 Å². The normalized spacial score (nSPS) is 19.8. The van der Waals surface area contributed by atoms with Gasteiger partial charge in [-0.1, -0.05) is 60.7 Å². The van der Waals surface area contributed by atoms with E-state index in [1.165, 1.54) is 11.3 Å². The topological polar surface area (TPSA) is 110 Å². The summed E-state index contributed by atoms with van der Waals surface area (Å²) in [6.45, 7) is 8.90. The maximum atomic E-state index is 14.2. The van der Waals surface area contributed by atoms with E-state index in [2.05, 4.69) is 15.2 Å². The third-order valence-electron chi connectivity index (χ3n) is 8.81. The number of ether oxygens (including phenoxy) is 3. The van der Waals surface area contributed by atoms with Crippen molar-refractivity contribution in [2.24, 2.45) is 5.92 Å². The lowest BCUT2D eigenvalue weighted by atomic mass is 9.91. The highest BCUT2D eigenvalue weighted by Crippen LogP contribution is 2.27. The fourth-order valence-electron chi connectivity index (χ4n) is 6.39. The second-order valence-corrected chi connectivity index (χ2v) is 14.6. The molecule has 2 aromatic carbocycles. The lowest BCUT2D eigenvalue weighted by molar-refractivity contribution is -0.150. The molecule has 5 rings (SSSR count). The summed E-state index contributed by atoms with van der Waals surface area (Å²) < 4.78 is 17.1. The molecule has 3 heterocycles. The molecule has 1 N–H and O–H groups in total. The van der Waals surface area contributed by atoms with E-state index >= 15 is 0 Å². The molecule has 2 aliphatic heterocycles. The van der Waals surface area contributed by atoms with Crippen molar-refractivity contribution >= 4 is 29.3 Å². The van der Waals surface area contributed by atoms with E-state index in [1.54, 1.807) is 16.6 Å². The Balaban J connectivity index is 1.32. The Hall–Kier alpha value is -3.80. The first kappa shape index (κ1) is 35.5. The number of hydrogen-bond donors (Lipinski definition) is 1. The number of thiazole rings is 1. The minimum absolute atomic E-state index is 0.0355. The summed E-state index contributed by atoms with van der Waals surface area (Å²) in [5.74, 6) is -0.867. The molecule has 0 saturated carbocycles. The number of rotatable bonds is 13. The number of hydrogen-bond acceptors (Lipinski definition) is 9. The number of amides is 2. The van der Waals surface area contributed by atoms with E-state index in [9.17, 15) is 14.4 Å². The van der Waals surface area contributed by atoms with Crippen molar-refractivity contribution in [3.05, 3.63) is 88.4 Å². The number of nitrogens with one attached hydrogen (secondary N) is 1. The highest BCUT2D eigenvalue weighted by molar-refractivity contribution is 7.09. The lowest BCUT2D eigenvalue weighted by Gasteiger charge is -2.32. The average Bonchev–Trinajstić information content (AvgIpc) is 3.77. The zero-order valence-electron chi connectivity index (χ0n) is 28.2. The van der Waals surface area contributed by atoms with Gasteiger partial charge in [0, 0.05) is 37.9 Å². The van der Waals surface area contributed by atoms with Crippen LogP contribution in [0.5, 0.6) is 0 Å². The fourth-order valence-corrected chi connectivity index (χ4v) is 6.90. The molecule has 2 unspecified atom stereocenters. The Morgan fingerprint density at radius 1 is 0.979 bits per heavy atom. The molecule has 10 nitrogen and oxygen atoms in total. The standard InChI is InChI=1S/C37H48N4O6S/c1-37(2,3)47-36(44)41-24-31(40-16-18-45-19-17-40)22-33(41)34(42)39-30(21-28-12-8-5-9-13-28)15-14-29(20-27-10-6-4-7-11-27)35(43)46-25-32-23-38-26-48-32/h4-13,23,26,29-31,33H,14-22,24-25H2,1-3H3,(H,39,42)/t29-,30-,31?,33?/m1/s1. The second-order valence-electron chi connectivity index (χ2n) is 13.6. The van der Waals surface area contributed by atoms with Crippen LogP contribution in [0.3, 0.4) is 0 Å². The van der Waals surface area contributed by atoms with Crippen molar-refractivity contribution < 1.29 is 28.6 Å². The molecule has 3 aromatic rings. The van der Waals surface area contributed by atoms with Crippen molar-refractivity contribution in [2.75, 3.05) is 32.8 Å². The van der Waals surface area contributed by atoms with Crippen LogP contribution in [0.25, 0.3) is 0 Å². The van der Waals surface area contributed by atoms with Gasteiger partial charge in [0.25, 0.3) is 0 Å². The van der Waals surface area contributed by atoms with Crippen molar-refractivity contribution in [1.82, 2.24) is 20.1 Å². The Bertz CT molecular complexity index is 1440. The van der Waals surface area contributed by atoms with Gasteiger partial charge in [0.15, 0.2) is 0 Å². The van der Waals surface area contributed by atoms with Crippen molar-refractivity contribution in [3.8, 4) is 0 Å². The van der Waals surface area contributed by atoms with E-state index in [4.69, 9.17) is 14.2 Å². The predicted molar refractivity (Wildman–Crippen MR) is 184 cm³/mol. The van der Waals surface area contributed by atoms with Crippen LogP contribution in [-0.4, -0.2) is 89.3 Å². The van der Waals surface area contributed by atoms with Crippen LogP contribution in [-0.2, 0) is 43.2 Å². The summed E-state index contributed by atoms with van der Waals surface area (Å²) >= 11 is 1.45. The molecule has 0 radical (unpaired) electrons. The molecule has 2 saturated heterocycles. The lowest BCUT2D eigenvalue weighted by Crippen LogP contribution is -2.50. The van der Waals surface area contributed by atoms with E-state index in [1.807, 2.05) is 81.4 Å². The van der Waals surface area contributed by atoms with Gasteiger partial charge in [-0.3, -0.25) is 24.4 Å². The van der Waals surface area contributed by atoms with E-state index in [-0.39, 0.29) is 30.6 Å². The molecule has 11 heteroatoms. The number of nitrogens with zero attached hydrogens (tertiary/aromatic N) is 3. The highest BCUT2D eigenvalue weighted by atomic mass is 32.1. The number of benzene rings is 2. The van der Waals surface area contributed by atoms with Crippen molar-refractivity contribution in [2.45, 2.75) is 83.2 Å². The summed E-state index contributed by atoms with van der Waals surface area (Å²) in [7, 11) is 0. The monoisotopic (exact) mass is 676 g/mol. The number of esters is 1. The van der Waals surface area contributed by atoms with Crippen LogP contribution in [0.1, 0.15) is 56.0 Å². The van der Waals surface area contributed by atoms with Gasteiger partial charge >= 0.3 is 12.1 Å². The summed E-state index contributed by atoms with van der Waals surface area (Å²) in [5.41, 5.74) is 3.16. The van der Waals surface area contributed by atoms with E-state index < -0.39 is 23.7 Å². The van der Waals surface area contributed by atoms with Gasteiger partial charge in [-0.05, 0) is 64.0 Å². The number of likely N-dealkylation sites (tertiary alicyclic amines) is 1. The maximum Gasteiger partial charge on any atom is 0.411 e. The minimum atomic E-state index is -0.687. The molecule has 4 atom stereocenters. The third-order valence-corrected chi connectivity index (χ3v) is 9.56. The molecule has 0 aliphatic carbocycles. The SMILES string of the molecule is CC(C)(C)OC(=O)N1CC(N2CCOCC2)CC1C(=O)N[C@H](CC[C@H](Cc1ccccc1)C(=O)OCc1cncs1)Cc1ccccc1. The second kappa shape index (κ2) is 17.0. The molecule has 2 fully saturated rings. The third kappa shape index (κ3) is 10.6. The maximum absolute atomic E-state index is 14.2. The molecule has 48 heavy (non-hydrogen) atoms. The number of aromatic nitrogens is 1. The van der Waals surface area contributed by atoms with Gasteiger partial charge in [0.05, 0.1) is 29.5 Å². The Labute approximate surface area is 287 Å². The van der Waals surface area contributed by atoms with Crippen LogP contribution in [0.4, 0.5) is 4.79 Å². The predicted octanol–water partition coefficient (Wildman–Crippen LogP) is 5.26. The van der Waals surface area contributed by atoms with Gasteiger partial charge in [-0.25, -0.2) is 4.79 Å². The van der Waals surface area contributed by atoms with Gasteiger partial charge in [0.2, 0.25) is 5.91 Å². The Kier molecular flexibility index (Phi) is 12.6. The molecule has 0 spiro atoms.